The number of allylic oxidation sites excluding steroid dienone is 1. The number of carboxylic acids is 1. The SMILES string of the molecule is CCCCC[C@H](O)C=C[C@H]1CCC(=O)[C@@H]1CCCCCCC(=O)Nc1ccc(C(=O)O)cc1. The molecule has 0 heterocycles. The van der Waals surface area contributed by atoms with E-state index in [0.29, 0.717) is 24.3 Å². The van der Waals surface area contributed by atoms with Crippen LogP contribution in [0.3, 0.4) is 0 Å². The number of ketones is 1. The summed E-state index contributed by atoms with van der Waals surface area (Å²) in [6, 6.07) is 6.12. The Morgan fingerprint density at radius 3 is 2.52 bits per heavy atom. The number of Topliss-reactive ketones (excluding diaryl/α,β-unsaturated/α-hetero) is 1. The topological polar surface area (TPSA) is 104 Å². The average molecular weight is 458 g/mol. The molecule has 0 aliphatic heterocycles. The maximum atomic E-state index is 12.3. The lowest BCUT2D eigenvalue weighted by molar-refractivity contribution is -0.121. The van der Waals surface area contributed by atoms with Crippen molar-refractivity contribution in [1.29, 1.82) is 0 Å². The molecule has 182 valence electrons. The second-order valence-corrected chi connectivity index (χ2v) is 9.11. The summed E-state index contributed by atoms with van der Waals surface area (Å²) in [5.74, 6) is -0.405. The molecule has 3 N–H and O–H groups in total. The predicted molar refractivity (Wildman–Crippen MR) is 130 cm³/mol. The highest BCUT2D eigenvalue weighted by Crippen LogP contribution is 2.34. The van der Waals surface area contributed by atoms with Crippen LogP contribution in [0.15, 0.2) is 36.4 Å². The van der Waals surface area contributed by atoms with E-state index in [1.54, 1.807) is 12.1 Å². The highest BCUT2D eigenvalue weighted by molar-refractivity contribution is 5.92. The molecular weight excluding hydrogens is 418 g/mol. The number of nitrogens with one attached hydrogen (secondary N) is 1. The number of carbonyl (C=O) groups is 3. The lowest BCUT2D eigenvalue weighted by atomic mass is 9.89. The van der Waals surface area contributed by atoms with Gasteiger partial charge in [0.25, 0.3) is 0 Å². The van der Waals surface area contributed by atoms with Gasteiger partial charge in [0.05, 0.1) is 11.7 Å². The molecule has 0 unspecified atom stereocenters. The van der Waals surface area contributed by atoms with Crippen molar-refractivity contribution in [3.8, 4) is 0 Å². The second kappa shape index (κ2) is 14.6. The van der Waals surface area contributed by atoms with Crippen LogP contribution in [0.4, 0.5) is 5.69 Å². The summed E-state index contributed by atoms with van der Waals surface area (Å²) in [6.45, 7) is 2.15. The number of rotatable bonds is 15. The van der Waals surface area contributed by atoms with Crippen molar-refractivity contribution in [3.05, 3.63) is 42.0 Å². The van der Waals surface area contributed by atoms with Gasteiger partial charge in [0.15, 0.2) is 0 Å². The normalized spacial score (nSPS) is 19.2. The number of anilines is 1. The Hall–Kier alpha value is -2.47. The van der Waals surface area contributed by atoms with Gasteiger partial charge < -0.3 is 15.5 Å². The Labute approximate surface area is 197 Å². The standard InChI is InChI=1S/C27H39NO5/c1-2-3-6-9-23(29)18-14-20-15-19-25(30)24(20)10-7-4-5-8-11-26(31)28-22-16-12-21(13-17-22)27(32)33/h12-14,16-18,20,23-24,29H,2-11,15,19H2,1H3,(H,28,31)(H,32,33)/t20-,23-,24+/m0/s1. The fraction of sp³-hybridized carbons (Fsp3) is 0.593. The van der Waals surface area contributed by atoms with Gasteiger partial charge in [-0.1, -0.05) is 57.6 Å². The first-order valence-corrected chi connectivity index (χ1v) is 12.4. The molecule has 1 aliphatic rings. The summed E-state index contributed by atoms with van der Waals surface area (Å²) in [6.07, 6.45) is 14.1. The van der Waals surface area contributed by atoms with E-state index in [2.05, 4.69) is 18.3 Å². The largest absolute Gasteiger partial charge is 0.478 e. The van der Waals surface area contributed by atoms with E-state index in [1.807, 2.05) is 6.08 Å². The monoisotopic (exact) mass is 457 g/mol. The van der Waals surface area contributed by atoms with E-state index in [0.717, 1.165) is 64.2 Å². The highest BCUT2D eigenvalue weighted by Gasteiger charge is 2.32. The summed E-state index contributed by atoms with van der Waals surface area (Å²) >= 11 is 0. The molecule has 0 aromatic heterocycles. The summed E-state index contributed by atoms with van der Waals surface area (Å²) in [4.78, 5) is 35.2. The maximum Gasteiger partial charge on any atom is 0.335 e. The zero-order valence-electron chi connectivity index (χ0n) is 19.8. The molecule has 1 aromatic carbocycles. The van der Waals surface area contributed by atoms with Crippen molar-refractivity contribution in [1.82, 2.24) is 0 Å². The molecule has 1 aromatic rings. The van der Waals surface area contributed by atoms with Crippen LogP contribution in [-0.4, -0.2) is 34.0 Å². The smallest absolute Gasteiger partial charge is 0.335 e. The predicted octanol–water partition coefficient (Wildman–Crippen LogP) is 5.76. The van der Waals surface area contributed by atoms with Crippen molar-refractivity contribution < 1.29 is 24.6 Å². The molecular formula is C27H39NO5. The zero-order valence-corrected chi connectivity index (χ0v) is 19.8. The molecule has 6 heteroatoms. The quantitative estimate of drug-likeness (QED) is 0.230. The minimum absolute atomic E-state index is 0.0705. The van der Waals surface area contributed by atoms with E-state index in [-0.39, 0.29) is 23.3 Å². The second-order valence-electron chi connectivity index (χ2n) is 9.11. The number of hydrogen-bond donors (Lipinski definition) is 3. The Balaban J connectivity index is 1.62. The fourth-order valence-corrected chi connectivity index (χ4v) is 4.43. The number of carbonyl (C=O) groups excluding carboxylic acids is 2. The van der Waals surface area contributed by atoms with Gasteiger partial charge in [-0.3, -0.25) is 9.59 Å². The molecule has 6 nitrogen and oxygen atoms in total. The van der Waals surface area contributed by atoms with Gasteiger partial charge in [0.1, 0.15) is 5.78 Å². The molecule has 33 heavy (non-hydrogen) atoms. The molecule has 3 atom stereocenters. The van der Waals surface area contributed by atoms with E-state index in [1.165, 1.54) is 12.1 Å². The number of aromatic carboxylic acids is 1. The van der Waals surface area contributed by atoms with Crippen molar-refractivity contribution in [2.75, 3.05) is 5.32 Å². The summed E-state index contributed by atoms with van der Waals surface area (Å²) in [5, 5.41) is 21.8. The van der Waals surface area contributed by atoms with Gasteiger partial charge >= 0.3 is 5.97 Å². The molecule has 1 aliphatic carbocycles. The van der Waals surface area contributed by atoms with Gasteiger partial charge in [-0.15, -0.1) is 0 Å². The molecule has 1 saturated carbocycles. The van der Waals surface area contributed by atoms with Gasteiger partial charge in [-0.2, -0.15) is 0 Å². The van der Waals surface area contributed by atoms with Gasteiger partial charge in [0, 0.05) is 24.4 Å². The summed E-state index contributed by atoms with van der Waals surface area (Å²) in [7, 11) is 0. The molecule has 1 amide bonds. The van der Waals surface area contributed by atoms with E-state index in [4.69, 9.17) is 5.11 Å². The van der Waals surface area contributed by atoms with Crippen LogP contribution in [0.2, 0.25) is 0 Å². The number of amides is 1. The van der Waals surface area contributed by atoms with E-state index in [9.17, 15) is 19.5 Å². The van der Waals surface area contributed by atoms with Crippen LogP contribution in [0.1, 0.15) is 94.3 Å². The van der Waals surface area contributed by atoms with Gasteiger partial charge in [0.2, 0.25) is 5.91 Å². The maximum absolute atomic E-state index is 12.3. The number of aliphatic hydroxyl groups excluding tert-OH is 1. The van der Waals surface area contributed by atoms with Gasteiger partial charge in [-0.05, 0) is 55.9 Å². The molecule has 0 spiro atoms. The number of hydrogen-bond acceptors (Lipinski definition) is 4. The Morgan fingerprint density at radius 2 is 1.82 bits per heavy atom. The first-order chi connectivity index (χ1) is 15.9. The number of unbranched alkanes of at least 4 members (excludes halogenated alkanes) is 5. The van der Waals surface area contributed by atoms with Crippen LogP contribution in [-0.2, 0) is 9.59 Å². The third kappa shape index (κ3) is 9.91. The van der Waals surface area contributed by atoms with Crippen LogP contribution in [0, 0.1) is 11.8 Å². The van der Waals surface area contributed by atoms with Crippen LogP contribution >= 0.6 is 0 Å². The number of carboxylic acid groups (broad SMARTS) is 1. The molecule has 0 saturated heterocycles. The Bertz CT molecular complexity index is 786. The minimum Gasteiger partial charge on any atom is -0.478 e. The van der Waals surface area contributed by atoms with Crippen LogP contribution in [0.5, 0.6) is 0 Å². The Kier molecular flexibility index (Phi) is 11.9. The zero-order chi connectivity index (χ0) is 24.1. The van der Waals surface area contributed by atoms with Gasteiger partial charge in [-0.25, -0.2) is 4.79 Å². The third-order valence-corrected chi connectivity index (χ3v) is 6.42. The number of benzene rings is 1. The van der Waals surface area contributed by atoms with Crippen LogP contribution in [0.25, 0.3) is 0 Å². The fourth-order valence-electron chi connectivity index (χ4n) is 4.43. The lowest BCUT2D eigenvalue weighted by Gasteiger charge is -2.15. The highest BCUT2D eigenvalue weighted by atomic mass is 16.4. The molecule has 0 bridgehead atoms. The van der Waals surface area contributed by atoms with Crippen molar-refractivity contribution >= 4 is 23.3 Å². The summed E-state index contributed by atoms with van der Waals surface area (Å²) in [5.41, 5.74) is 0.786. The summed E-state index contributed by atoms with van der Waals surface area (Å²) < 4.78 is 0. The van der Waals surface area contributed by atoms with Crippen molar-refractivity contribution in [2.24, 2.45) is 11.8 Å². The molecule has 1 fully saturated rings. The first kappa shape index (κ1) is 26.8. The molecule has 0 radical (unpaired) electrons. The number of aliphatic hydroxyl groups is 1. The van der Waals surface area contributed by atoms with E-state index < -0.39 is 12.1 Å². The average Bonchev–Trinajstić information content (AvgIpc) is 3.14. The molecule has 2 rings (SSSR count). The Morgan fingerprint density at radius 1 is 1.09 bits per heavy atom. The third-order valence-electron chi connectivity index (χ3n) is 6.42. The van der Waals surface area contributed by atoms with E-state index >= 15 is 0 Å². The van der Waals surface area contributed by atoms with Crippen molar-refractivity contribution in [2.45, 2.75) is 90.1 Å². The lowest BCUT2D eigenvalue weighted by Crippen LogP contribution is -2.14. The van der Waals surface area contributed by atoms with Crippen molar-refractivity contribution in [3.63, 3.8) is 0 Å². The van der Waals surface area contributed by atoms with Crippen LogP contribution < -0.4 is 5.32 Å². The first-order valence-electron chi connectivity index (χ1n) is 12.4. The minimum atomic E-state index is -0.991.